The second-order valence-corrected chi connectivity index (χ2v) is 4.69. The number of nitrogens with zero attached hydrogens (tertiary/aromatic N) is 2. The molecule has 0 unspecified atom stereocenters. The van der Waals surface area contributed by atoms with Gasteiger partial charge in [0.15, 0.2) is 11.6 Å². The molecule has 0 radical (unpaired) electrons. The maximum atomic E-state index is 11.1. The molecule has 0 atom stereocenters. The third kappa shape index (κ3) is 2.16. The van der Waals surface area contributed by atoms with Crippen LogP contribution in [-0.2, 0) is 0 Å². The van der Waals surface area contributed by atoms with Gasteiger partial charge < -0.3 is 10.3 Å². The average molecular weight is 261 g/mol. The summed E-state index contributed by atoms with van der Waals surface area (Å²) in [6.45, 7) is 5.68. The van der Waals surface area contributed by atoms with Crippen molar-refractivity contribution in [3.63, 3.8) is 0 Å². The minimum atomic E-state index is -0.425. The van der Waals surface area contributed by atoms with Crippen LogP contribution in [0.4, 0.5) is 11.5 Å². The van der Waals surface area contributed by atoms with E-state index in [2.05, 4.69) is 5.16 Å². The number of rotatable bonds is 3. The molecule has 0 fully saturated rings. The fraction of sp³-hybridized carbons (Fsp3) is 0.308. The zero-order valence-corrected chi connectivity index (χ0v) is 11.0. The first-order valence-corrected chi connectivity index (χ1v) is 5.93. The van der Waals surface area contributed by atoms with Crippen molar-refractivity contribution in [2.45, 2.75) is 26.7 Å². The van der Waals surface area contributed by atoms with Gasteiger partial charge in [-0.25, -0.2) is 0 Å². The molecule has 6 nitrogen and oxygen atoms in total. The van der Waals surface area contributed by atoms with Gasteiger partial charge >= 0.3 is 0 Å². The number of nitrogens with two attached hydrogens (primary N) is 1. The second kappa shape index (κ2) is 4.72. The molecule has 1 aromatic heterocycles. The Bertz CT molecular complexity index is 632. The predicted octanol–water partition coefficient (Wildman–Crippen LogP) is 3.26. The van der Waals surface area contributed by atoms with Crippen LogP contribution in [0.2, 0.25) is 0 Å². The van der Waals surface area contributed by atoms with Crippen LogP contribution in [-0.4, -0.2) is 10.1 Å². The van der Waals surface area contributed by atoms with Crippen molar-refractivity contribution in [2.24, 2.45) is 0 Å². The van der Waals surface area contributed by atoms with Gasteiger partial charge in [0.2, 0.25) is 0 Å². The van der Waals surface area contributed by atoms with Gasteiger partial charge in [-0.1, -0.05) is 31.1 Å². The Labute approximate surface area is 110 Å². The lowest BCUT2D eigenvalue weighted by molar-refractivity contribution is -0.384. The zero-order valence-electron chi connectivity index (χ0n) is 11.0. The largest absolute Gasteiger partial charge is 0.381 e. The summed E-state index contributed by atoms with van der Waals surface area (Å²) in [6.07, 6.45) is 0. The van der Waals surface area contributed by atoms with Crippen molar-refractivity contribution in [3.05, 3.63) is 39.4 Å². The molecule has 0 bridgehead atoms. The minimum Gasteiger partial charge on any atom is -0.381 e. The van der Waals surface area contributed by atoms with E-state index in [-0.39, 0.29) is 17.4 Å². The van der Waals surface area contributed by atoms with Crippen LogP contribution in [0.3, 0.4) is 0 Å². The number of aryl methyl sites for hydroxylation is 1. The fourth-order valence-electron chi connectivity index (χ4n) is 2.15. The lowest BCUT2D eigenvalue weighted by Crippen LogP contribution is -1.98. The summed E-state index contributed by atoms with van der Waals surface area (Å²) in [6, 6.07) is 4.89. The lowest BCUT2D eigenvalue weighted by Gasteiger charge is -2.08. The first-order chi connectivity index (χ1) is 8.93. The highest BCUT2D eigenvalue weighted by Crippen LogP contribution is 2.39. The standard InChI is InChI=1S/C13H15N3O3/c1-7(2)10-12(19-15-13(10)14)11-8(3)5-4-6-9(11)16(17)18/h4-7H,1-3H3,(H2,14,15). The fourth-order valence-corrected chi connectivity index (χ4v) is 2.15. The summed E-state index contributed by atoms with van der Waals surface area (Å²) in [5.41, 5.74) is 7.69. The lowest BCUT2D eigenvalue weighted by atomic mass is 9.95. The molecule has 0 spiro atoms. The van der Waals surface area contributed by atoms with Crippen LogP contribution >= 0.6 is 0 Å². The van der Waals surface area contributed by atoms with E-state index in [0.717, 1.165) is 5.56 Å². The minimum absolute atomic E-state index is 0.00181. The number of hydrogen-bond acceptors (Lipinski definition) is 5. The Kier molecular flexibility index (Phi) is 3.25. The normalized spacial score (nSPS) is 10.9. The van der Waals surface area contributed by atoms with Crippen molar-refractivity contribution in [1.82, 2.24) is 5.16 Å². The number of anilines is 1. The molecule has 6 heteroatoms. The monoisotopic (exact) mass is 261 g/mol. The van der Waals surface area contributed by atoms with Crippen molar-refractivity contribution >= 4 is 11.5 Å². The Morgan fingerprint density at radius 2 is 2.11 bits per heavy atom. The highest BCUT2D eigenvalue weighted by Gasteiger charge is 2.26. The highest BCUT2D eigenvalue weighted by molar-refractivity contribution is 5.77. The Hall–Kier alpha value is -2.37. The second-order valence-electron chi connectivity index (χ2n) is 4.69. The van der Waals surface area contributed by atoms with E-state index in [1.54, 1.807) is 19.1 Å². The smallest absolute Gasteiger partial charge is 0.280 e. The van der Waals surface area contributed by atoms with Gasteiger partial charge in [-0.2, -0.15) is 0 Å². The van der Waals surface area contributed by atoms with E-state index < -0.39 is 4.92 Å². The van der Waals surface area contributed by atoms with Crippen LogP contribution < -0.4 is 5.73 Å². The topological polar surface area (TPSA) is 95.2 Å². The number of nitrogen functional groups attached to an aromatic ring is 1. The molecule has 0 aliphatic carbocycles. The maximum Gasteiger partial charge on any atom is 0.280 e. The van der Waals surface area contributed by atoms with Gasteiger partial charge in [0.25, 0.3) is 5.69 Å². The van der Waals surface area contributed by atoms with Crippen molar-refractivity contribution < 1.29 is 9.45 Å². The van der Waals surface area contributed by atoms with Gasteiger partial charge in [0, 0.05) is 11.6 Å². The Morgan fingerprint density at radius 3 is 2.68 bits per heavy atom. The summed E-state index contributed by atoms with van der Waals surface area (Å²) in [4.78, 5) is 10.7. The molecule has 0 aliphatic heterocycles. The molecule has 0 saturated heterocycles. The zero-order chi connectivity index (χ0) is 14.2. The van der Waals surface area contributed by atoms with Crippen LogP contribution in [0, 0.1) is 17.0 Å². The van der Waals surface area contributed by atoms with E-state index in [9.17, 15) is 10.1 Å². The molecule has 2 aromatic rings. The van der Waals surface area contributed by atoms with E-state index in [0.29, 0.717) is 16.9 Å². The van der Waals surface area contributed by atoms with Crippen LogP contribution in [0.25, 0.3) is 11.3 Å². The summed E-state index contributed by atoms with van der Waals surface area (Å²) in [5.74, 6) is 0.736. The molecule has 1 heterocycles. The van der Waals surface area contributed by atoms with Gasteiger partial charge in [0.05, 0.1) is 4.92 Å². The number of benzene rings is 1. The molecule has 19 heavy (non-hydrogen) atoms. The number of aromatic nitrogens is 1. The predicted molar refractivity (Wildman–Crippen MR) is 71.8 cm³/mol. The summed E-state index contributed by atoms with van der Waals surface area (Å²) < 4.78 is 5.24. The molecule has 2 N–H and O–H groups in total. The van der Waals surface area contributed by atoms with Gasteiger partial charge in [-0.3, -0.25) is 10.1 Å². The van der Waals surface area contributed by atoms with Crippen molar-refractivity contribution in [3.8, 4) is 11.3 Å². The molecule has 2 rings (SSSR count). The third-order valence-electron chi connectivity index (χ3n) is 3.01. The average Bonchev–Trinajstić information content (AvgIpc) is 2.70. The summed E-state index contributed by atoms with van der Waals surface area (Å²) in [5, 5.41) is 14.9. The molecule has 0 aliphatic rings. The number of nitro benzene ring substituents is 1. The Morgan fingerprint density at radius 1 is 1.42 bits per heavy atom. The van der Waals surface area contributed by atoms with E-state index in [4.69, 9.17) is 10.3 Å². The maximum absolute atomic E-state index is 11.1. The van der Waals surface area contributed by atoms with Crippen LogP contribution in [0.15, 0.2) is 22.7 Å². The van der Waals surface area contributed by atoms with Gasteiger partial charge in [0.1, 0.15) is 5.56 Å². The molecule has 100 valence electrons. The highest BCUT2D eigenvalue weighted by atomic mass is 16.6. The molecular weight excluding hydrogens is 246 g/mol. The number of hydrogen-bond donors (Lipinski definition) is 1. The van der Waals surface area contributed by atoms with E-state index in [1.165, 1.54) is 6.07 Å². The van der Waals surface area contributed by atoms with Crippen molar-refractivity contribution in [1.29, 1.82) is 0 Å². The first-order valence-electron chi connectivity index (χ1n) is 5.93. The van der Waals surface area contributed by atoms with Crippen molar-refractivity contribution in [2.75, 3.05) is 5.73 Å². The SMILES string of the molecule is Cc1cccc([N+](=O)[O-])c1-c1onc(N)c1C(C)C. The van der Waals surface area contributed by atoms with Crippen LogP contribution in [0.5, 0.6) is 0 Å². The summed E-state index contributed by atoms with van der Waals surface area (Å²) >= 11 is 0. The third-order valence-corrected chi connectivity index (χ3v) is 3.01. The molecule has 0 saturated carbocycles. The van der Waals surface area contributed by atoms with E-state index in [1.807, 2.05) is 13.8 Å². The Balaban J connectivity index is 2.76. The van der Waals surface area contributed by atoms with Crippen LogP contribution in [0.1, 0.15) is 30.9 Å². The first kappa shape index (κ1) is 13.1. The number of nitro groups is 1. The van der Waals surface area contributed by atoms with Gasteiger partial charge in [-0.15, -0.1) is 0 Å². The molecule has 0 amide bonds. The summed E-state index contributed by atoms with van der Waals surface area (Å²) in [7, 11) is 0. The molecular formula is C13H15N3O3. The molecule has 1 aromatic carbocycles. The van der Waals surface area contributed by atoms with Gasteiger partial charge in [-0.05, 0) is 18.4 Å². The quantitative estimate of drug-likeness (QED) is 0.675. The van der Waals surface area contributed by atoms with E-state index >= 15 is 0 Å².